The summed E-state index contributed by atoms with van der Waals surface area (Å²) >= 11 is 0. The molecule has 3 amide bonds. The molecule has 0 bridgehead atoms. The first kappa shape index (κ1) is 16.2. The van der Waals surface area contributed by atoms with Crippen LogP contribution in [0, 0.1) is 0 Å². The molecule has 0 aromatic heterocycles. The Balaban J connectivity index is 2.26. The summed E-state index contributed by atoms with van der Waals surface area (Å²) in [6.07, 6.45) is 1.26. The van der Waals surface area contributed by atoms with Crippen molar-refractivity contribution in [2.45, 2.75) is 38.3 Å². The molecule has 8 heteroatoms. The number of carbonyl (C=O) groups excluding carboxylic acids is 2. The van der Waals surface area contributed by atoms with Crippen molar-refractivity contribution in [2.24, 2.45) is 5.73 Å². The number of carbonyl (C=O) groups is 3. The Hall–Kier alpha value is -1.83. The zero-order valence-corrected chi connectivity index (χ0v) is 11.5. The van der Waals surface area contributed by atoms with Crippen LogP contribution in [-0.4, -0.2) is 59.8 Å². The van der Waals surface area contributed by atoms with Crippen molar-refractivity contribution in [3.05, 3.63) is 0 Å². The van der Waals surface area contributed by atoms with Crippen LogP contribution >= 0.6 is 0 Å². The number of hydrogen-bond acceptors (Lipinski definition) is 4. The molecule has 1 fully saturated rings. The van der Waals surface area contributed by atoms with Crippen LogP contribution in [0.2, 0.25) is 0 Å². The molecule has 0 saturated carbocycles. The van der Waals surface area contributed by atoms with Gasteiger partial charge in [-0.2, -0.15) is 0 Å². The topological polar surface area (TPSA) is 122 Å². The molecule has 1 heterocycles. The van der Waals surface area contributed by atoms with Crippen LogP contribution in [0.3, 0.4) is 0 Å². The number of carboxylic acid groups (broad SMARTS) is 1. The number of ether oxygens (including phenoxy) is 1. The van der Waals surface area contributed by atoms with E-state index in [2.05, 4.69) is 5.32 Å². The largest absolute Gasteiger partial charge is 0.481 e. The number of primary amides is 1. The van der Waals surface area contributed by atoms with Crippen LogP contribution in [0.25, 0.3) is 0 Å². The van der Waals surface area contributed by atoms with E-state index in [-0.39, 0.29) is 25.2 Å². The second-order valence-electron chi connectivity index (χ2n) is 4.77. The minimum Gasteiger partial charge on any atom is -0.481 e. The molecule has 1 saturated heterocycles. The predicted molar refractivity (Wildman–Crippen MR) is 70.0 cm³/mol. The van der Waals surface area contributed by atoms with E-state index >= 15 is 0 Å². The van der Waals surface area contributed by atoms with Crippen LogP contribution in [0.5, 0.6) is 0 Å². The molecule has 1 rings (SSSR count). The number of nitrogens with one attached hydrogen (secondary N) is 1. The van der Waals surface area contributed by atoms with Crippen molar-refractivity contribution in [3.63, 3.8) is 0 Å². The van der Waals surface area contributed by atoms with Gasteiger partial charge in [0.05, 0.1) is 19.1 Å². The van der Waals surface area contributed by atoms with Gasteiger partial charge >= 0.3 is 12.0 Å². The Kier molecular flexibility index (Phi) is 6.23. The van der Waals surface area contributed by atoms with Crippen LogP contribution in [0.4, 0.5) is 4.79 Å². The fraction of sp³-hybridized carbons (Fsp3) is 0.750. The van der Waals surface area contributed by atoms with Gasteiger partial charge in [0.15, 0.2) is 0 Å². The number of nitrogens with two attached hydrogens (primary N) is 1. The van der Waals surface area contributed by atoms with Gasteiger partial charge in [-0.25, -0.2) is 4.79 Å². The molecule has 0 aliphatic carbocycles. The van der Waals surface area contributed by atoms with Crippen molar-refractivity contribution < 1.29 is 24.2 Å². The third kappa shape index (κ3) is 5.43. The third-order valence-electron chi connectivity index (χ3n) is 3.17. The molecule has 0 aromatic rings. The molecule has 1 unspecified atom stereocenters. The second-order valence-corrected chi connectivity index (χ2v) is 4.77. The van der Waals surface area contributed by atoms with Crippen LogP contribution in [0.1, 0.15) is 26.2 Å². The molecule has 1 aliphatic heterocycles. The molecule has 20 heavy (non-hydrogen) atoms. The van der Waals surface area contributed by atoms with E-state index in [9.17, 15) is 14.4 Å². The Bertz CT molecular complexity index is 366. The first-order chi connectivity index (χ1) is 9.40. The highest BCUT2D eigenvalue weighted by Gasteiger charge is 2.24. The highest BCUT2D eigenvalue weighted by molar-refractivity contribution is 5.85. The number of urea groups is 1. The molecule has 0 radical (unpaired) electrons. The number of likely N-dealkylation sites (tertiary alicyclic amines) is 1. The minimum absolute atomic E-state index is 0.0170. The summed E-state index contributed by atoms with van der Waals surface area (Å²) in [6, 6.07) is -1.02. The van der Waals surface area contributed by atoms with Crippen molar-refractivity contribution >= 4 is 17.9 Å². The summed E-state index contributed by atoms with van der Waals surface area (Å²) < 4.78 is 5.43. The zero-order valence-electron chi connectivity index (χ0n) is 11.5. The van der Waals surface area contributed by atoms with Crippen molar-refractivity contribution in [1.82, 2.24) is 10.2 Å². The van der Waals surface area contributed by atoms with Crippen molar-refractivity contribution in [2.75, 3.05) is 19.7 Å². The first-order valence-electron chi connectivity index (χ1n) is 6.58. The quantitative estimate of drug-likeness (QED) is 0.609. The van der Waals surface area contributed by atoms with E-state index in [1.807, 2.05) is 0 Å². The SMILES string of the molecule is CC(NC(=O)N1CCC(OCCC(=O)O)CC1)C(N)=O. The highest BCUT2D eigenvalue weighted by atomic mass is 16.5. The maximum absolute atomic E-state index is 11.8. The normalized spacial score (nSPS) is 17.6. The molecule has 0 aromatic carbocycles. The number of rotatable bonds is 6. The van der Waals surface area contributed by atoms with Gasteiger partial charge in [0.25, 0.3) is 0 Å². The lowest BCUT2D eigenvalue weighted by atomic mass is 10.1. The van der Waals surface area contributed by atoms with Crippen LogP contribution in [0.15, 0.2) is 0 Å². The summed E-state index contributed by atoms with van der Waals surface area (Å²) in [5, 5.41) is 11.0. The van der Waals surface area contributed by atoms with Gasteiger partial charge in [-0.15, -0.1) is 0 Å². The third-order valence-corrected chi connectivity index (χ3v) is 3.17. The maximum atomic E-state index is 11.8. The van der Waals surface area contributed by atoms with Crippen LogP contribution in [-0.2, 0) is 14.3 Å². The Morgan fingerprint density at radius 2 is 2.00 bits per heavy atom. The highest BCUT2D eigenvalue weighted by Crippen LogP contribution is 2.14. The lowest BCUT2D eigenvalue weighted by molar-refractivity contribution is -0.138. The molecule has 1 aliphatic rings. The number of hydrogen-bond donors (Lipinski definition) is 3. The Labute approximate surface area is 117 Å². The van der Waals surface area contributed by atoms with E-state index < -0.39 is 17.9 Å². The van der Waals surface area contributed by atoms with Gasteiger partial charge in [0.1, 0.15) is 6.04 Å². The minimum atomic E-state index is -0.887. The van der Waals surface area contributed by atoms with Crippen molar-refractivity contribution in [3.8, 4) is 0 Å². The number of aliphatic carboxylic acids is 1. The molecule has 114 valence electrons. The predicted octanol–water partition coefficient (Wildman–Crippen LogP) is -0.474. The van der Waals surface area contributed by atoms with Gasteiger partial charge in [0.2, 0.25) is 5.91 Å². The average Bonchev–Trinajstić information content (AvgIpc) is 2.38. The number of piperidine rings is 1. The molecule has 0 spiro atoms. The Morgan fingerprint density at radius 1 is 1.40 bits per heavy atom. The molecule has 8 nitrogen and oxygen atoms in total. The van der Waals surface area contributed by atoms with E-state index in [0.717, 1.165) is 0 Å². The first-order valence-corrected chi connectivity index (χ1v) is 6.58. The van der Waals surface area contributed by atoms with Gasteiger partial charge < -0.3 is 25.8 Å². The average molecular weight is 287 g/mol. The van der Waals surface area contributed by atoms with E-state index in [0.29, 0.717) is 25.9 Å². The van der Waals surface area contributed by atoms with Crippen LogP contribution < -0.4 is 11.1 Å². The van der Waals surface area contributed by atoms with Crippen molar-refractivity contribution in [1.29, 1.82) is 0 Å². The molecule has 1 atom stereocenters. The summed E-state index contributed by atoms with van der Waals surface area (Å²) in [5.74, 6) is -1.47. The zero-order chi connectivity index (χ0) is 15.1. The summed E-state index contributed by atoms with van der Waals surface area (Å²) in [7, 11) is 0. The van der Waals surface area contributed by atoms with Gasteiger partial charge in [-0.05, 0) is 19.8 Å². The van der Waals surface area contributed by atoms with Gasteiger partial charge in [0, 0.05) is 13.1 Å². The summed E-state index contributed by atoms with van der Waals surface area (Å²) in [5.41, 5.74) is 5.08. The standard InChI is InChI=1S/C12H21N3O5/c1-8(11(13)18)14-12(19)15-5-2-9(3-6-15)20-7-4-10(16)17/h8-9H,2-7H2,1H3,(H2,13,18)(H,14,19)(H,16,17). The summed E-state index contributed by atoms with van der Waals surface area (Å²) in [4.78, 5) is 34.6. The van der Waals surface area contributed by atoms with E-state index in [1.165, 1.54) is 6.92 Å². The van der Waals surface area contributed by atoms with Gasteiger partial charge in [-0.1, -0.05) is 0 Å². The van der Waals surface area contributed by atoms with E-state index in [1.54, 1.807) is 4.90 Å². The number of carboxylic acids is 1. The smallest absolute Gasteiger partial charge is 0.318 e. The molecular weight excluding hydrogens is 266 g/mol. The maximum Gasteiger partial charge on any atom is 0.318 e. The Morgan fingerprint density at radius 3 is 2.50 bits per heavy atom. The number of nitrogens with zero attached hydrogens (tertiary/aromatic N) is 1. The molecule has 4 N–H and O–H groups in total. The monoisotopic (exact) mass is 287 g/mol. The fourth-order valence-corrected chi connectivity index (χ4v) is 1.89. The lowest BCUT2D eigenvalue weighted by Gasteiger charge is -2.32. The lowest BCUT2D eigenvalue weighted by Crippen LogP contribution is -2.51. The summed E-state index contributed by atoms with van der Waals surface area (Å²) in [6.45, 7) is 2.73. The van der Waals surface area contributed by atoms with E-state index in [4.69, 9.17) is 15.6 Å². The fourth-order valence-electron chi connectivity index (χ4n) is 1.89. The molecular formula is C12H21N3O5. The second kappa shape index (κ2) is 7.68. The van der Waals surface area contributed by atoms with Gasteiger partial charge in [-0.3, -0.25) is 9.59 Å². The number of amides is 3.